The van der Waals surface area contributed by atoms with Crippen LogP contribution in [0.3, 0.4) is 0 Å². The number of hydrogen-bond acceptors (Lipinski definition) is 4. The number of unbranched alkanes of at least 4 members (excludes halogenated alkanes) is 1. The third-order valence-electron chi connectivity index (χ3n) is 4.08. The second kappa shape index (κ2) is 10.1. The number of benzene rings is 1. The number of thioether (sulfide) groups is 1. The maximum Gasteiger partial charge on any atom is 0.325 e. The molecule has 1 saturated heterocycles. The van der Waals surface area contributed by atoms with E-state index in [1.807, 2.05) is 24.5 Å². The van der Waals surface area contributed by atoms with Gasteiger partial charge in [-0.1, -0.05) is 30.3 Å². The van der Waals surface area contributed by atoms with Crippen LogP contribution in [0.2, 0.25) is 0 Å². The number of carbonyl (C=O) groups is 3. The van der Waals surface area contributed by atoms with E-state index < -0.39 is 12.1 Å². The molecule has 1 aliphatic rings. The molecule has 7 heteroatoms. The van der Waals surface area contributed by atoms with Gasteiger partial charge in [0.25, 0.3) is 5.91 Å². The molecule has 25 heavy (non-hydrogen) atoms. The van der Waals surface area contributed by atoms with Gasteiger partial charge >= 0.3 is 6.03 Å². The fraction of sp³-hybridized carbons (Fsp3) is 0.500. The molecule has 0 radical (unpaired) electrons. The van der Waals surface area contributed by atoms with Crippen molar-refractivity contribution in [3.8, 4) is 0 Å². The van der Waals surface area contributed by atoms with Crippen LogP contribution in [0.5, 0.6) is 0 Å². The highest BCUT2D eigenvalue weighted by atomic mass is 32.2. The summed E-state index contributed by atoms with van der Waals surface area (Å²) >= 11 is 1.62. The van der Waals surface area contributed by atoms with Crippen molar-refractivity contribution in [2.75, 3.05) is 25.1 Å². The Morgan fingerprint density at radius 1 is 1.24 bits per heavy atom. The van der Waals surface area contributed by atoms with E-state index in [4.69, 9.17) is 0 Å². The predicted octanol–water partition coefficient (Wildman–Crippen LogP) is 1.80. The molecule has 0 saturated carbocycles. The summed E-state index contributed by atoms with van der Waals surface area (Å²) in [6, 6.07) is 9.22. The number of urea groups is 1. The van der Waals surface area contributed by atoms with Crippen molar-refractivity contribution in [1.82, 2.24) is 15.5 Å². The summed E-state index contributed by atoms with van der Waals surface area (Å²) in [5, 5.41) is 5.41. The molecule has 1 atom stereocenters. The van der Waals surface area contributed by atoms with Gasteiger partial charge in [0.2, 0.25) is 5.91 Å². The van der Waals surface area contributed by atoms with Gasteiger partial charge in [-0.05, 0) is 43.3 Å². The van der Waals surface area contributed by atoms with E-state index >= 15 is 0 Å². The molecule has 6 nitrogen and oxygen atoms in total. The van der Waals surface area contributed by atoms with Gasteiger partial charge in [-0.3, -0.25) is 14.5 Å². The van der Waals surface area contributed by atoms with Crippen molar-refractivity contribution in [2.24, 2.45) is 0 Å². The van der Waals surface area contributed by atoms with Gasteiger partial charge in [-0.25, -0.2) is 4.79 Å². The lowest BCUT2D eigenvalue weighted by Gasteiger charge is -2.13. The van der Waals surface area contributed by atoms with Gasteiger partial charge in [0.15, 0.2) is 0 Å². The van der Waals surface area contributed by atoms with Gasteiger partial charge in [-0.2, -0.15) is 11.8 Å². The van der Waals surface area contributed by atoms with Crippen LogP contribution in [0.15, 0.2) is 30.3 Å². The van der Waals surface area contributed by atoms with E-state index in [-0.39, 0.29) is 18.4 Å². The minimum absolute atomic E-state index is 0.209. The van der Waals surface area contributed by atoms with Gasteiger partial charge in [0.05, 0.1) is 0 Å². The first-order valence-electron chi connectivity index (χ1n) is 8.53. The van der Waals surface area contributed by atoms with Crippen LogP contribution in [-0.2, 0) is 16.0 Å². The summed E-state index contributed by atoms with van der Waals surface area (Å²) < 4.78 is 0. The second-order valence-electron chi connectivity index (χ2n) is 6.00. The summed E-state index contributed by atoms with van der Waals surface area (Å²) in [5.74, 6) is 0.185. The van der Waals surface area contributed by atoms with Crippen molar-refractivity contribution in [3.63, 3.8) is 0 Å². The fourth-order valence-corrected chi connectivity index (χ4v) is 3.16. The predicted molar refractivity (Wildman–Crippen MR) is 99.4 cm³/mol. The first kappa shape index (κ1) is 19.3. The molecule has 1 aromatic rings. The molecule has 0 aliphatic carbocycles. The average Bonchev–Trinajstić information content (AvgIpc) is 2.88. The fourth-order valence-electron chi connectivity index (χ4n) is 2.68. The van der Waals surface area contributed by atoms with E-state index in [0.717, 1.165) is 29.9 Å². The van der Waals surface area contributed by atoms with E-state index in [0.29, 0.717) is 13.0 Å². The summed E-state index contributed by atoms with van der Waals surface area (Å²) in [5.41, 5.74) is 1.28. The Hall–Kier alpha value is -2.02. The Balaban J connectivity index is 1.64. The Kier molecular flexibility index (Phi) is 7.78. The zero-order valence-corrected chi connectivity index (χ0v) is 15.3. The standard InChI is InChI=1S/C18H25N3O3S/c1-25-12-10-15-17(23)21(18(24)20-15)13-16(22)19-11-6-5-9-14-7-3-2-4-8-14/h2-4,7-8,15H,5-6,9-13H2,1H3,(H,19,22)(H,20,24). The summed E-state index contributed by atoms with van der Waals surface area (Å²) in [7, 11) is 0. The highest BCUT2D eigenvalue weighted by Gasteiger charge is 2.38. The maximum absolute atomic E-state index is 12.1. The molecule has 0 spiro atoms. The molecule has 2 N–H and O–H groups in total. The lowest BCUT2D eigenvalue weighted by Crippen LogP contribution is -2.41. The Labute approximate surface area is 152 Å². The first-order valence-corrected chi connectivity index (χ1v) is 9.92. The number of amides is 4. The largest absolute Gasteiger partial charge is 0.355 e. The lowest BCUT2D eigenvalue weighted by molar-refractivity contribution is -0.132. The van der Waals surface area contributed by atoms with Crippen LogP contribution in [0, 0.1) is 0 Å². The molecule has 1 fully saturated rings. The molecule has 0 aromatic heterocycles. The van der Waals surface area contributed by atoms with Crippen LogP contribution >= 0.6 is 11.8 Å². The molecular formula is C18H25N3O3S. The second-order valence-corrected chi connectivity index (χ2v) is 6.99. The molecule has 0 bridgehead atoms. The van der Waals surface area contributed by atoms with Crippen molar-refractivity contribution >= 4 is 29.6 Å². The normalized spacial score (nSPS) is 16.8. The quantitative estimate of drug-likeness (QED) is 0.491. The van der Waals surface area contributed by atoms with Gasteiger partial charge in [0, 0.05) is 6.54 Å². The SMILES string of the molecule is CSCCC1NC(=O)N(CC(=O)NCCCCc2ccccc2)C1=O. The van der Waals surface area contributed by atoms with E-state index in [1.54, 1.807) is 11.8 Å². The number of imide groups is 1. The molecule has 1 heterocycles. The Bertz CT molecular complexity index is 594. The maximum atomic E-state index is 12.1. The number of hydrogen-bond donors (Lipinski definition) is 2. The van der Waals surface area contributed by atoms with Crippen molar-refractivity contribution in [2.45, 2.75) is 31.7 Å². The molecule has 1 aliphatic heterocycles. The summed E-state index contributed by atoms with van der Waals surface area (Å²) in [4.78, 5) is 36.9. The number of aryl methyl sites for hydroxylation is 1. The zero-order valence-electron chi connectivity index (χ0n) is 14.5. The van der Waals surface area contributed by atoms with Gasteiger partial charge in [0.1, 0.15) is 12.6 Å². The third-order valence-corrected chi connectivity index (χ3v) is 4.72. The van der Waals surface area contributed by atoms with Crippen LogP contribution in [0.1, 0.15) is 24.8 Å². The third kappa shape index (κ3) is 6.08. The Morgan fingerprint density at radius 3 is 2.72 bits per heavy atom. The zero-order chi connectivity index (χ0) is 18.1. The Morgan fingerprint density at radius 2 is 2.00 bits per heavy atom. The average molecular weight is 363 g/mol. The minimum Gasteiger partial charge on any atom is -0.355 e. The highest BCUT2D eigenvalue weighted by Crippen LogP contribution is 2.11. The molecular weight excluding hydrogens is 338 g/mol. The number of nitrogens with zero attached hydrogens (tertiary/aromatic N) is 1. The summed E-state index contributed by atoms with van der Waals surface area (Å²) in [6.45, 7) is 0.338. The van der Waals surface area contributed by atoms with Crippen LogP contribution in [0.4, 0.5) is 4.79 Å². The van der Waals surface area contributed by atoms with Crippen molar-refractivity contribution < 1.29 is 14.4 Å². The molecule has 2 rings (SSSR count). The first-order chi connectivity index (χ1) is 12.1. The monoisotopic (exact) mass is 363 g/mol. The molecule has 1 aromatic carbocycles. The molecule has 136 valence electrons. The topological polar surface area (TPSA) is 78.5 Å². The van der Waals surface area contributed by atoms with E-state index in [2.05, 4.69) is 22.8 Å². The smallest absolute Gasteiger partial charge is 0.325 e. The van der Waals surface area contributed by atoms with E-state index in [1.165, 1.54) is 5.56 Å². The van der Waals surface area contributed by atoms with Crippen molar-refractivity contribution in [1.29, 1.82) is 0 Å². The summed E-state index contributed by atoms with van der Waals surface area (Å²) in [6.07, 6.45) is 5.34. The van der Waals surface area contributed by atoms with Crippen LogP contribution in [0.25, 0.3) is 0 Å². The highest BCUT2D eigenvalue weighted by molar-refractivity contribution is 7.98. The van der Waals surface area contributed by atoms with Gasteiger partial charge < -0.3 is 10.6 Å². The number of carbonyl (C=O) groups excluding carboxylic acids is 3. The minimum atomic E-state index is -0.501. The van der Waals surface area contributed by atoms with Crippen LogP contribution in [-0.4, -0.2) is 53.9 Å². The number of rotatable bonds is 10. The van der Waals surface area contributed by atoms with E-state index in [9.17, 15) is 14.4 Å². The lowest BCUT2D eigenvalue weighted by atomic mass is 10.1. The van der Waals surface area contributed by atoms with Crippen LogP contribution < -0.4 is 10.6 Å². The molecule has 4 amide bonds. The van der Waals surface area contributed by atoms with Gasteiger partial charge in [-0.15, -0.1) is 0 Å². The van der Waals surface area contributed by atoms with Crippen molar-refractivity contribution in [3.05, 3.63) is 35.9 Å². The number of nitrogens with one attached hydrogen (secondary N) is 2. The molecule has 1 unspecified atom stereocenters.